The number of ether oxygens (including phenoxy) is 1. The Bertz CT molecular complexity index is 1080. The van der Waals surface area contributed by atoms with E-state index in [1.807, 2.05) is 0 Å². The van der Waals surface area contributed by atoms with Gasteiger partial charge in [0.05, 0.1) is 34.4 Å². The van der Waals surface area contributed by atoms with Crippen molar-refractivity contribution < 1.29 is 35.9 Å². The van der Waals surface area contributed by atoms with Gasteiger partial charge >= 0.3 is 12.1 Å². The number of halogens is 3. The molecule has 0 saturated carbocycles. The van der Waals surface area contributed by atoms with Gasteiger partial charge in [-0.3, -0.25) is 4.79 Å². The van der Waals surface area contributed by atoms with Crippen LogP contribution < -0.4 is 5.32 Å². The number of aryl methyl sites for hydroxylation is 1. The van der Waals surface area contributed by atoms with Crippen LogP contribution >= 0.6 is 0 Å². The van der Waals surface area contributed by atoms with Crippen LogP contribution in [0.2, 0.25) is 0 Å². The molecule has 0 bridgehead atoms. The van der Waals surface area contributed by atoms with Crippen LogP contribution in [-0.2, 0) is 25.5 Å². The number of hydrogen-bond acceptors (Lipinski definition) is 6. The standard InChI is InChI=1S/C18H18F3N3O5S/c1-11-8-15(24(23-11)12-6-7-30(27,28)10-12)22-16(25)9-29-17(26)13-4-2-3-5-14(13)18(19,20)21/h2-5,8,12H,6-7,9-10H2,1H3,(H,22,25). The quantitative estimate of drug-likeness (QED) is 0.708. The van der Waals surface area contributed by atoms with Gasteiger partial charge in [-0.2, -0.15) is 18.3 Å². The first-order chi connectivity index (χ1) is 14.0. The Morgan fingerprint density at radius 2 is 2.00 bits per heavy atom. The third kappa shape index (κ3) is 4.99. The summed E-state index contributed by atoms with van der Waals surface area (Å²) in [6, 6.07) is 5.17. The molecule has 1 atom stereocenters. The average Bonchev–Trinajstić information content (AvgIpc) is 3.20. The second-order valence-electron chi connectivity index (χ2n) is 6.84. The SMILES string of the molecule is Cc1cc(NC(=O)COC(=O)c2ccccc2C(F)(F)F)n(C2CCS(=O)(=O)C2)n1. The molecule has 0 spiro atoms. The van der Waals surface area contributed by atoms with Gasteiger partial charge in [0.25, 0.3) is 5.91 Å². The lowest BCUT2D eigenvalue weighted by Crippen LogP contribution is -2.24. The second kappa shape index (κ2) is 8.09. The topological polar surface area (TPSA) is 107 Å². The summed E-state index contributed by atoms with van der Waals surface area (Å²) in [5.74, 6) is -1.97. The first-order valence-corrected chi connectivity index (χ1v) is 10.7. The number of aromatic nitrogens is 2. The van der Waals surface area contributed by atoms with E-state index < -0.39 is 51.7 Å². The summed E-state index contributed by atoms with van der Waals surface area (Å²) in [5.41, 5.74) is -1.33. The number of esters is 1. The molecule has 3 rings (SSSR count). The zero-order valence-electron chi connectivity index (χ0n) is 15.8. The predicted molar refractivity (Wildman–Crippen MR) is 99.6 cm³/mol. The fraction of sp³-hybridized carbons (Fsp3) is 0.389. The average molecular weight is 445 g/mol. The summed E-state index contributed by atoms with van der Waals surface area (Å²) in [7, 11) is -3.18. The Hall–Kier alpha value is -2.89. The fourth-order valence-corrected chi connectivity index (χ4v) is 4.84. The number of benzene rings is 1. The highest BCUT2D eigenvalue weighted by atomic mass is 32.2. The van der Waals surface area contributed by atoms with Crippen molar-refractivity contribution in [1.82, 2.24) is 9.78 Å². The summed E-state index contributed by atoms with van der Waals surface area (Å²) in [5, 5.41) is 6.65. The maximum Gasteiger partial charge on any atom is 0.417 e. The minimum atomic E-state index is -4.75. The Morgan fingerprint density at radius 1 is 1.30 bits per heavy atom. The number of nitrogens with one attached hydrogen (secondary N) is 1. The molecule has 1 unspecified atom stereocenters. The molecule has 30 heavy (non-hydrogen) atoms. The van der Waals surface area contributed by atoms with Crippen LogP contribution in [0.15, 0.2) is 30.3 Å². The van der Waals surface area contributed by atoms with Gasteiger partial charge in [-0.05, 0) is 25.5 Å². The van der Waals surface area contributed by atoms with E-state index in [1.54, 1.807) is 6.92 Å². The number of nitrogens with zero attached hydrogens (tertiary/aromatic N) is 2. The highest BCUT2D eigenvalue weighted by Gasteiger charge is 2.35. The molecule has 2 aromatic rings. The molecule has 1 aromatic carbocycles. The fourth-order valence-electron chi connectivity index (χ4n) is 3.15. The maximum atomic E-state index is 13.0. The monoisotopic (exact) mass is 445 g/mol. The lowest BCUT2D eigenvalue weighted by molar-refractivity contribution is -0.138. The summed E-state index contributed by atoms with van der Waals surface area (Å²) in [6.45, 7) is 0.835. The molecule has 1 aromatic heterocycles. The molecule has 8 nitrogen and oxygen atoms in total. The molecular weight excluding hydrogens is 427 g/mol. The Kier molecular flexibility index (Phi) is 5.88. The molecule has 1 N–H and O–H groups in total. The number of hydrogen-bond donors (Lipinski definition) is 1. The van der Waals surface area contributed by atoms with E-state index in [0.717, 1.165) is 18.2 Å². The molecule has 0 radical (unpaired) electrons. The number of sulfone groups is 1. The number of carbonyl (C=O) groups excluding carboxylic acids is 2. The van der Waals surface area contributed by atoms with Gasteiger partial charge in [0.2, 0.25) is 0 Å². The zero-order valence-corrected chi connectivity index (χ0v) is 16.6. The number of amides is 1. The highest BCUT2D eigenvalue weighted by Crippen LogP contribution is 2.32. The molecule has 1 aliphatic heterocycles. The van der Waals surface area contributed by atoms with Crippen LogP contribution in [0.3, 0.4) is 0 Å². The molecule has 12 heteroatoms. The largest absolute Gasteiger partial charge is 0.452 e. The normalized spacial score (nSPS) is 18.2. The molecule has 162 valence electrons. The molecule has 1 fully saturated rings. The molecule has 2 heterocycles. The Labute approximate surface area is 169 Å². The lowest BCUT2D eigenvalue weighted by Gasteiger charge is -2.14. The summed E-state index contributed by atoms with van der Waals surface area (Å²) in [4.78, 5) is 24.2. The van der Waals surface area contributed by atoms with Gasteiger partial charge in [-0.25, -0.2) is 17.9 Å². The molecule has 1 amide bonds. The van der Waals surface area contributed by atoms with Gasteiger partial charge in [0.15, 0.2) is 16.4 Å². The molecule has 0 aliphatic carbocycles. The van der Waals surface area contributed by atoms with E-state index in [4.69, 9.17) is 4.74 Å². The zero-order chi connectivity index (χ0) is 22.1. The lowest BCUT2D eigenvalue weighted by atomic mass is 10.1. The van der Waals surface area contributed by atoms with Crippen molar-refractivity contribution >= 4 is 27.5 Å². The predicted octanol–water partition coefficient (Wildman–Crippen LogP) is 2.37. The number of carbonyl (C=O) groups is 2. The van der Waals surface area contributed by atoms with E-state index in [1.165, 1.54) is 16.8 Å². The van der Waals surface area contributed by atoms with Crippen LogP contribution in [0, 0.1) is 6.92 Å². The molecule has 1 saturated heterocycles. The van der Waals surface area contributed by atoms with E-state index >= 15 is 0 Å². The first-order valence-electron chi connectivity index (χ1n) is 8.86. The van der Waals surface area contributed by atoms with Gasteiger partial charge < -0.3 is 10.1 Å². The Morgan fingerprint density at radius 3 is 2.63 bits per heavy atom. The van der Waals surface area contributed by atoms with Crippen LogP contribution in [0.25, 0.3) is 0 Å². The van der Waals surface area contributed by atoms with E-state index in [9.17, 15) is 31.2 Å². The van der Waals surface area contributed by atoms with Crippen LogP contribution in [0.5, 0.6) is 0 Å². The second-order valence-corrected chi connectivity index (χ2v) is 9.07. The minimum absolute atomic E-state index is 0.0141. The summed E-state index contributed by atoms with van der Waals surface area (Å²) in [6.07, 6.45) is -4.40. The third-order valence-electron chi connectivity index (χ3n) is 4.47. The summed E-state index contributed by atoms with van der Waals surface area (Å²) >= 11 is 0. The molecule has 1 aliphatic rings. The van der Waals surface area contributed by atoms with Gasteiger partial charge in [-0.15, -0.1) is 0 Å². The Balaban J connectivity index is 1.66. The van der Waals surface area contributed by atoms with Crippen molar-refractivity contribution in [2.45, 2.75) is 25.6 Å². The van der Waals surface area contributed by atoms with Crippen LogP contribution in [-0.4, -0.2) is 48.2 Å². The van der Waals surface area contributed by atoms with Gasteiger partial charge in [-0.1, -0.05) is 12.1 Å². The summed E-state index contributed by atoms with van der Waals surface area (Å²) < 4.78 is 68.5. The van der Waals surface area contributed by atoms with Crippen LogP contribution in [0.4, 0.5) is 19.0 Å². The number of alkyl halides is 3. The van der Waals surface area contributed by atoms with Crippen LogP contribution in [0.1, 0.15) is 34.1 Å². The smallest absolute Gasteiger partial charge is 0.417 e. The van der Waals surface area contributed by atoms with Crippen molar-refractivity contribution in [1.29, 1.82) is 0 Å². The van der Waals surface area contributed by atoms with E-state index in [0.29, 0.717) is 12.1 Å². The van der Waals surface area contributed by atoms with E-state index in [2.05, 4.69) is 10.4 Å². The third-order valence-corrected chi connectivity index (χ3v) is 6.22. The van der Waals surface area contributed by atoms with Crippen molar-refractivity contribution in [2.24, 2.45) is 0 Å². The van der Waals surface area contributed by atoms with Crippen molar-refractivity contribution in [2.75, 3.05) is 23.4 Å². The van der Waals surface area contributed by atoms with Gasteiger partial charge in [0.1, 0.15) is 5.82 Å². The van der Waals surface area contributed by atoms with Crippen molar-refractivity contribution in [3.8, 4) is 0 Å². The van der Waals surface area contributed by atoms with Crippen molar-refractivity contribution in [3.63, 3.8) is 0 Å². The maximum absolute atomic E-state index is 13.0. The van der Waals surface area contributed by atoms with Crippen molar-refractivity contribution in [3.05, 3.63) is 47.2 Å². The minimum Gasteiger partial charge on any atom is -0.452 e. The van der Waals surface area contributed by atoms with E-state index in [-0.39, 0.29) is 17.3 Å². The van der Waals surface area contributed by atoms with Gasteiger partial charge in [0, 0.05) is 6.07 Å². The number of rotatable bonds is 5. The highest BCUT2D eigenvalue weighted by molar-refractivity contribution is 7.91. The number of anilines is 1. The first kappa shape index (κ1) is 21.8. The molecular formula is C18H18F3N3O5S.